The van der Waals surface area contributed by atoms with Crippen LogP contribution in [0.5, 0.6) is 0 Å². The molecule has 6 nitrogen and oxygen atoms in total. The maximum absolute atomic E-state index is 12.1. The molecule has 0 aliphatic rings. The molecule has 0 spiro atoms. The van der Waals surface area contributed by atoms with Gasteiger partial charge in [-0.05, 0) is 60.7 Å². The SMILES string of the molecule is Nc1ccc(NC(=O)Nc2ccc(-c3nc4ccccc4[nH]3)cc2)cc1. The van der Waals surface area contributed by atoms with Crippen molar-refractivity contribution in [2.24, 2.45) is 0 Å². The number of nitrogen functional groups attached to an aromatic ring is 1. The predicted octanol–water partition coefficient (Wildman–Crippen LogP) is 4.46. The first-order valence-corrected chi connectivity index (χ1v) is 8.16. The van der Waals surface area contributed by atoms with E-state index in [0.29, 0.717) is 17.1 Å². The summed E-state index contributed by atoms with van der Waals surface area (Å²) in [5, 5.41) is 5.56. The number of urea groups is 1. The Morgan fingerprint density at radius 3 is 2.12 bits per heavy atom. The van der Waals surface area contributed by atoms with Gasteiger partial charge in [0.1, 0.15) is 5.82 Å². The molecule has 4 rings (SSSR count). The number of fused-ring (bicyclic) bond motifs is 1. The molecule has 0 fully saturated rings. The maximum Gasteiger partial charge on any atom is 0.323 e. The Labute approximate surface area is 150 Å². The van der Waals surface area contributed by atoms with Gasteiger partial charge in [0.15, 0.2) is 0 Å². The summed E-state index contributed by atoms with van der Waals surface area (Å²) in [4.78, 5) is 19.9. The number of carbonyl (C=O) groups excluding carboxylic acids is 1. The molecular weight excluding hydrogens is 326 g/mol. The van der Waals surface area contributed by atoms with Crippen LogP contribution in [0.15, 0.2) is 72.8 Å². The van der Waals surface area contributed by atoms with Crippen LogP contribution in [0.3, 0.4) is 0 Å². The molecule has 5 N–H and O–H groups in total. The predicted molar refractivity (Wildman–Crippen MR) is 105 cm³/mol. The lowest BCUT2D eigenvalue weighted by Gasteiger charge is -2.08. The van der Waals surface area contributed by atoms with Gasteiger partial charge in [-0.3, -0.25) is 0 Å². The molecule has 0 atom stereocenters. The normalized spacial score (nSPS) is 10.6. The summed E-state index contributed by atoms with van der Waals surface area (Å²) in [6.07, 6.45) is 0. The van der Waals surface area contributed by atoms with Crippen molar-refractivity contribution in [3.05, 3.63) is 72.8 Å². The van der Waals surface area contributed by atoms with Crippen LogP contribution in [0.25, 0.3) is 22.4 Å². The van der Waals surface area contributed by atoms with Gasteiger partial charge in [0.05, 0.1) is 11.0 Å². The van der Waals surface area contributed by atoms with E-state index in [4.69, 9.17) is 5.73 Å². The van der Waals surface area contributed by atoms with Crippen molar-refractivity contribution < 1.29 is 4.79 Å². The topological polar surface area (TPSA) is 95.8 Å². The lowest BCUT2D eigenvalue weighted by atomic mass is 10.2. The van der Waals surface area contributed by atoms with Crippen LogP contribution in [0, 0.1) is 0 Å². The molecule has 1 heterocycles. The summed E-state index contributed by atoms with van der Waals surface area (Å²) in [6, 6.07) is 22.0. The molecule has 0 radical (unpaired) electrons. The van der Waals surface area contributed by atoms with E-state index < -0.39 is 0 Å². The highest BCUT2D eigenvalue weighted by Crippen LogP contribution is 2.22. The number of para-hydroxylation sites is 2. The lowest BCUT2D eigenvalue weighted by molar-refractivity contribution is 0.262. The minimum atomic E-state index is -0.314. The third-order valence-electron chi connectivity index (χ3n) is 3.97. The van der Waals surface area contributed by atoms with E-state index in [1.807, 2.05) is 48.5 Å². The van der Waals surface area contributed by atoms with E-state index >= 15 is 0 Å². The largest absolute Gasteiger partial charge is 0.399 e. The summed E-state index contributed by atoms with van der Waals surface area (Å²) >= 11 is 0. The molecule has 3 aromatic carbocycles. The van der Waals surface area contributed by atoms with Gasteiger partial charge >= 0.3 is 6.03 Å². The van der Waals surface area contributed by atoms with Crippen LogP contribution in [0.4, 0.5) is 21.9 Å². The van der Waals surface area contributed by atoms with E-state index in [-0.39, 0.29) is 6.03 Å². The fourth-order valence-electron chi connectivity index (χ4n) is 2.66. The van der Waals surface area contributed by atoms with Crippen molar-refractivity contribution in [2.45, 2.75) is 0 Å². The Morgan fingerprint density at radius 2 is 1.46 bits per heavy atom. The van der Waals surface area contributed by atoms with Crippen molar-refractivity contribution >= 4 is 34.1 Å². The maximum atomic E-state index is 12.1. The Bertz CT molecular complexity index is 1020. The van der Waals surface area contributed by atoms with Gasteiger partial charge < -0.3 is 21.4 Å². The molecule has 6 heteroatoms. The van der Waals surface area contributed by atoms with Gasteiger partial charge in [-0.15, -0.1) is 0 Å². The molecule has 2 amide bonds. The number of amides is 2. The van der Waals surface area contributed by atoms with E-state index in [2.05, 4.69) is 20.6 Å². The second-order valence-corrected chi connectivity index (χ2v) is 5.88. The molecule has 0 aliphatic heterocycles. The zero-order valence-electron chi connectivity index (χ0n) is 13.9. The third-order valence-corrected chi connectivity index (χ3v) is 3.97. The van der Waals surface area contributed by atoms with Crippen LogP contribution in [-0.2, 0) is 0 Å². The fourth-order valence-corrected chi connectivity index (χ4v) is 2.66. The second-order valence-electron chi connectivity index (χ2n) is 5.88. The number of hydrogen-bond donors (Lipinski definition) is 4. The number of nitrogens with zero attached hydrogens (tertiary/aromatic N) is 1. The van der Waals surface area contributed by atoms with Crippen LogP contribution >= 0.6 is 0 Å². The van der Waals surface area contributed by atoms with Crippen LogP contribution < -0.4 is 16.4 Å². The van der Waals surface area contributed by atoms with Crippen molar-refractivity contribution in [1.29, 1.82) is 0 Å². The Morgan fingerprint density at radius 1 is 0.846 bits per heavy atom. The second kappa shape index (κ2) is 6.60. The number of aromatic nitrogens is 2. The van der Waals surface area contributed by atoms with Gasteiger partial charge in [0.2, 0.25) is 0 Å². The number of hydrogen-bond acceptors (Lipinski definition) is 3. The van der Waals surface area contributed by atoms with Crippen molar-refractivity contribution in [3.63, 3.8) is 0 Å². The van der Waals surface area contributed by atoms with E-state index in [1.54, 1.807) is 24.3 Å². The molecule has 0 unspecified atom stereocenters. The third kappa shape index (κ3) is 3.34. The van der Waals surface area contributed by atoms with Gasteiger partial charge in [-0.2, -0.15) is 0 Å². The fraction of sp³-hybridized carbons (Fsp3) is 0. The first-order chi connectivity index (χ1) is 12.7. The summed E-state index contributed by atoms with van der Waals surface area (Å²) in [6.45, 7) is 0. The van der Waals surface area contributed by atoms with Gasteiger partial charge in [0, 0.05) is 22.6 Å². The number of aromatic amines is 1. The summed E-state index contributed by atoms with van der Waals surface area (Å²) in [5.74, 6) is 0.795. The van der Waals surface area contributed by atoms with Gasteiger partial charge in [0.25, 0.3) is 0 Å². The number of imidazole rings is 1. The lowest BCUT2D eigenvalue weighted by Crippen LogP contribution is -2.19. The zero-order chi connectivity index (χ0) is 17.9. The van der Waals surface area contributed by atoms with E-state index in [1.165, 1.54) is 0 Å². The van der Waals surface area contributed by atoms with Gasteiger partial charge in [-0.1, -0.05) is 12.1 Å². The molecular formula is C20H17N5O. The zero-order valence-corrected chi connectivity index (χ0v) is 13.9. The van der Waals surface area contributed by atoms with Crippen molar-refractivity contribution in [1.82, 2.24) is 9.97 Å². The standard InChI is InChI=1S/C20H17N5O/c21-14-7-11-16(12-8-14)23-20(26)22-15-9-5-13(6-10-15)19-24-17-3-1-2-4-18(17)25-19/h1-12H,21H2,(H,24,25)(H2,22,23,26). The average Bonchev–Trinajstić information content (AvgIpc) is 3.08. The number of anilines is 3. The first kappa shape index (κ1) is 15.7. The highest BCUT2D eigenvalue weighted by molar-refractivity contribution is 5.99. The van der Waals surface area contributed by atoms with E-state index in [9.17, 15) is 4.79 Å². The van der Waals surface area contributed by atoms with E-state index in [0.717, 1.165) is 22.4 Å². The monoisotopic (exact) mass is 343 g/mol. The van der Waals surface area contributed by atoms with Crippen LogP contribution in [0.2, 0.25) is 0 Å². The highest BCUT2D eigenvalue weighted by atomic mass is 16.2. The molecule has 4 aromatic rings. The number of H-pyrrole nitrogens is 1. The highest BCUT2D eigenvalue weighted by Gasteiger charge is 2.06. The number of benzene rings is 3. The molecule has 0 bridgehead atoms. The molecule has 128 valence electrons. The Kier molecular flexibility index (Phi) is 3.99. The first-order valence-electron chi connectivity index (χ1n) is 8.16. The molecule has 0 aliphatic carbocycles. The average molecular weight is 343 g/mol. The van der Waals surface area contributed by atoms with Crippen LogP contribution in [0.1, 0.15) is 0 Å². The van der Waals surface area contributed by atoms with Crippen LogP contribution in [-0.4, -0.2) is 16.0 Å². The molecule has 26 heavy (non-hydrogen) atoms. The number of nitrogens with two attached hydrogens (primary N) is 1. The molecule has 1 aromatic heterocycles. The summed E-state index contributed by atoms with van der Waals surface area (Å²) in [5.41, 5.74) is 10.5. The smallest absolute Gasteiger partial charge is 0.323 e. The summed E-state index contributed by atoms with van der Waals surface area (Å²) in [7, 11) is 0. The Balaban J connectivity index is 1.45. The minimum absolute atomic E-state index is 0.314. The molecule has 0 saturated heterocycles. The quantitative estimate of drug-likeness (QED) is 0.414. The van der Waals surface area contributed by atoms with Gasteiger partial charge in [-0.25, -0.2) is 9.78 Å². The molecule has 0 saturated carbocycles. The number of rotatable bonds is 3. The van der Waals surface area contributed by atoms with Crippen molar-refractivity contribution in [3.8, 4) is 11.4 Å². The van der Waals surface area contributed by atoms with Crippen molar-refractivity contribution in [2.75, 3.05) is 16.4 Å². The minimum Gasteiger partial charge on any atom is -0.399 e. The summed E-state index contributed by atoms with van der Waals surface area (Å²) < 4.78 is 0. The Hall–Kier alpha value is -3.80. The number of nitrogens with one attached hydrogen (secondary N) is 3. The number of carbonyl (C=O) groups is 1.